The highest BCUT2D eigenvalue weighted by Crippen LogP contribution is 2.30. The highest BCUT2D eigenvalue weighted by atomic mass is 16.3. The third-order valence-corrected chi connectivity index (χ3v) is 3.87. The number of carbonyl (C=O) groups is 2. The topological polar surface area (TPSA) is 88.6 Å². The zero-order valence-electron chi connectivity index (χ0n) is 12.7. The van der Waals surface area contributed by atoms with Crippen LogP contribution in [0.2, 0.25) is 0 Å². The van der Waals surface area contributed by atoms with Crippen molar-refractivity contribution in [3.63, 3.8) is 0 Å². The van der Waals surface area contributed by atoms with Gasteiger partial charge in [-0.3, -0.25) is 9.59 Å². The van der Waals surface area contributed by atoms with E-state index in [0.29, 0.717) is 38.0 Å². The van der Waals surface area contributed by atoms with Crippen molar-refractivity contribution < 1.29 is 14.0 Å². The van der Waals surface area contributed by atoms with Gasteiger partial charge in [0.2, 0.25) is 5.91 Å². The molecule has 0 atom stereocenters. The Balaban J connectivity index is 1.76. The molecule has 6 heteroatoms. The Labute approximate surface area is 134 Å². The maximum absolute atomic E-state index is 12.2. The molecule has 0 spiro atoms. The number of nitrogens with zero attached hydrogens (tertiary/aromatic N) is 1. The number of hydrogen-bond acceptors (Lipinski definition) is 4. The van der Waals surface area contributed by atoms with Crippen LogP contribution in [0.1, 0.15) is 28.1 Å². The molecule has 6 nitrogen and oxygen atoms in total. The first-order chi connectivity index (χ1) is 11.2. The number of para-hydroxylation sites is 1. The SMILES string of the molecule is NCCCNC(=O)c1occc1CN1C(=O)Cc2ccccc21. The van der Waals surface area contributed by atoms with Crippen molar-refractivity contribution in [1.29, 1.82) is 0 Å². The number of carbonyl (C=O) groups excluding carboxylic acids is 2. The third kappa shape index (κ3) is 3.12. The van der Waals surface area contributed by atoms with Crippen LogP contribution < -0.4 is 16.0 Å². The van der Waals surface area contributed by atoms with Gasteiger partial charge < -0.3 is 20.4 Å². The van der Waals surface area contributed by atoms with Crippen molar-refractivity contribution in [3.05, 3.63) is 53.5 Å². The van der Waals surface area contributed by atoms with Gasteiger partial charge in [0.25, 0.3) is 5.91 Å². The van der Waals surface area contributed by atoms with E-state index >= 15 is 0 Å². The molecule has 1 aliphatic heterocycles. The Bertz CT molecular complexity index is 723. The molecule has 1 aliphatic rings. The average molecular weight is 313 g/mol. The molecule has 0 aliphatic carbocycles. The summed E-state index contributed by atoms with van der Waals surface area (Å²) in [6.07, 6.45) is 2.57. The number of nitrogens with one attached hydrogen (secondary N) is 1. The van der Waals surface area contributed by atoms with E-state index < -0.39 is 0 Å². The van der Waals surface area contributed by atoms with Crippen molar-refractivity contribution in [3.8, 4) is 0 Å². The predicted octanol–water partition coefficient (Wildman–Crippen LogP) is 1.45. The molecule has 2 heterocycles. The Kier molecular flexibility index (Phi) is 4.43. The number of rotatable bonds is 6. The van der Waals surface area contributed by atoms with Gasteiger partial charge in [-0.15, -0.1) is 0 Å². The van der Waals surface area contributed by atoms with Crippen LogP contribution in [0.4, 0.5) is 5.69 Å². The Morgan fingerprint density at radius 2 is 2.13 bits per heavy atom. The molecular weight excluding hydrogens is 294 g/mol. The quantitative estimate of drug-likeness (QED) is 0.790. The number of amides is 2. The Hall–Kier alpha value is -2.60. The maximum atomic E-state index is 12.2. The van der Waals surface area contributed by atoms with Crippen molar-refractivity contribution in [2.24, 2.45) is 5.73 Å². The van der Waals surface area contributed by atoms with Gasteiger partial charge in [0.05, 0.1) is 19.2 Å². The fourth-order valence-corrected chi connectivity index (χ4v) is 2.70. The molecule has 0 radical (unpaired) electrons. The molecule has 0 fully saturated rings. The smallest absolute Gasteiger partial charge is 0.287 e. The van der Waals surface area contributed by atoms with Crippen molar-refractivity contribution in [2.45, 2.75) is 19.4 Å². The summed E-state index contributed by atoms with van der Waals surface area (Å²) < 4.78 is 5.31. The van der Waals surface area contributed by atoms with Gasteiger partial charge in [0.15, 0.2) is 5.76 Å². The summed E-state index contributed by atoms with van der Waals surface area (Å²) in [7, 11) is 0. The standard InChI is InChI=1S/C17H19N3O3/c18-7-3-8-19-17(22)16-13(6-9-23-16)11-20-14-5-2-1-4-12(14)10-15(20)21/h1-2,4-6,9H,3,7-8,10-11,18H2,(H,19,22). The molecular formula is C17H19N3O3. The van der Waals surface area contributed by atoms with Crippen LogP contribution in [0.3, 0.4) is 0 Å². The summed E-state index contributed by atoms with van der Waals surface area (Å²) in [6.45, 7) is 1.34. The molecule has 1 aromatic carbocycles. The summed E-state index contributed by atoms with van der Waals surface area (Å²) in [5.74, 6) is -0.000487. The minimum atomic E-state index is -0.279. The van der Waals surface area contributed by atoms with E-state index in [1.807, 2.05) is 24.3 Å². The van der Waals surface area contributed by atoms with Crippen LogP contribution >= 0.6 is 0 Å². The van der Waals surface area contributed by atoms with Crippen LogP contribution in [0, 0.1) is 0 Å². The van der Waals surface area contributed by atoms with Crippen LogP contribution in [-0.2, 0) is 17.8 Å². The first-order valence-corrected chi connectivity index (χ1v) is 7.63. The fraction of sp³-hybridized carbons (Fsp3) is 0.294. The summed E-state index contributed by atoms with van der Waals surface area (Å²) in [5, 5.41) is 2.77. The van der Waals surface area contributed by atoms with Crippen molar-refractivity contribution in [2.75, 3.05) is 18.0 Å². The summed E-state index contributed by atoms with van der Waals surface area (Å²) in [4.78, 5) is 26.1. The fourth-order valence-electron chi connectivity index (χ4n) is 2.70. The van der Waals surface area contributed by atoms with Gasteiger partial charge >= 0.3 is 0 Å². The lowest BCUT2D eigenvalue weighted by atomic mass is 10.1. The van der Waals surface area contributed by atoms with E-state index in [2.05, 4.69) is 5.32 Å². The highest BCUT2D eigenvalue weighted by molar-refractivity contribution is 6.01. The highest BCUT2D eigenvalue weighted by Gasteiger charge is 2.28. The first-order valence-electron chi connectivity index (χ1n) is 7.63. The number of anilines is 1. The lowest BCUT2D eigenvalue weighted by Gasteiger charge is -2.17. The zero-order valence-corrected chi connectivity index (χ0v) is 12.7. The third-order valence-electron chi connectivity index (χ3n) is 3.87. The number of fused-ring (bicyclic) bond motifs is 1. The van der Waals surface area contributed by atoms with Crippen molar-refractivity contribution >= 4 is 17.5 Å². The second kappa shape index (κ2) is 6.66. The molecule has 0 bridgehead atoms. The molecule has 120 valence electrons. The average Bonchev–Trinajstić information content (AvgIpc) is 3.13. The lowest BCUT2D eigenvalue weighted by Crippen LogP contribution is -2.29. The van der Waals surface area contributed by atoms with Gasteiger partial charge in [-0.05, 0) is 30.7 Å². The monoisotopic (exact) mass is 313 g/mol. The second-order valence-electron chi connectivity index (χ2n) is 5.46. The number of furan rings is 1. The summed E-state index contributed by atoms with van der Waals surface area (Å²) >= 11 is 0. The van der Waals surface area contributed by atoms with E-state index in [9.17, 15) is 9.59 Å². The largest absolute Gasteiger partial charge is 0.459 e. The number of nitrogens with two attached hydrogens (primary N) is 1. The van der Waals surface area contributed by atoms with Crippen LogP contribution in [-0.4, -0.2) is 24.9 Å². The van der Waals surface area contributed by atoms with Gasteiger partial charge in [-0.25, -0.2) is 0 Å². The number of hydrogen-bond donors (Lipinski definition) is 2. The van der Waals surface area contributed by atoms with Crippen LogP contribution in [0.15, 0.2) is 41.0 Å². The normalized spacial score (nSPS) is 13.3. The molecule has 3 rings (SSSR count). The maximum Gasteiger partial charge on any atom is 0.287 e. The van der Waals surface area contributed by atoms with Gasteiger partial charge in [-0.2, -0.15) is 0 Å². The lowest BCUT2D eigenvalue weighted by molar-refractivity contribution is -0.117. The Morgan fingerprint density at radius 3 is 2.96 bits per heavy atom. The van der Waals surface area contributed by atoms with E-state index in [1.54, 1.807) is 11.0 Å². The van der Waals surface area contributed by atoms with Crippen molar-refractivity contribution in [1.82, 2.24) is 5.32 Å². The minimum Gasteiger partial charge on any atom is -0.459 e. The van der Waals surface area contributed by atoms with Crippen LogP contribution in [0.25, 0.3) is 0 Å². The number of benzene rings is 1. The summed E-state index contributed by atoms with van der Waals surface area (Å²) in [6, 6.07) is 9.42. The second-order valence-corrected chi connectivity index (χ2v) is 5.46. The molecule has 0 saturated carbocycles. The molecule has 0 saturated heterocycles. The first kappa shape index (κ1) is 15.3. The molecule has 0 unspecified atom stereocenters. The molecule has 23 heavy (non-hydrogen) atoms. The van der Waals surface area contributed by atoms with E-state index in [0.717, 1.165) is 11.3 Å². The minimum absolute atomic E-state index is 0.0295. The molecule has 2 amide bonds. The van der Waals surface area contributed by atoms with E-state index in [1.165, 1.54) is 6.26 Å². The van der Waals surface area contributed by atoms with Crippen LogP contribution in [0.5, 0.6) is 0 Å². The van der Waals surface area contributed by atoms with E-state index in [-0.39, 0.29) is 17.6 Å². The molecule has 2 aromatic rings. The zero-order chi connectivity index (χ0) is 16.2. The molecule has 1 aromatic heterocycles. The van der Waals surface area contributed by atoms with E-state index in [4.69, 9.17) is 10.2 Å². The summed E-state index contributed by atoms with van der Waals surface area (Å²) in [5.41, 5.74) is 8.01. The van der Waals surface area contributed by atoms with Gasteiger partial charge in [0, 0.05) is 17.8 Å². The predicted molar refractivity (Wildman–Crippen MR) is 86.0 cm³/mol. The van der Waals surface area contributed by atoms with Gasteiger partial charge in [0.1, 0.15) is 0 Å². The Morgan fingerprint density at radius 1 is 1.30 bits per heavy atom. The van der Waals surface area contributed by atoms with Gasteiger partial charge in [-0.1, -0.05) is 18.2 Å². The molecule has 3 N–H and O–H groups in total.